The molecule has 0 atom stereocenters. The van der Waals surface area contributed by atoms with Crippen LogP contribution >= 0.6 is 0 Å². The van der Waals surface area contributed by atoms with E-state index in [4.69, 9.17) is 10.3 Å². The highest BCUT2D eigenvalue weighted by molar-refractivity contribution is 7.89. The molecule has 1 aromatic heterocycles. The van der Waals surface area contributed by atoms with E-state index in [1.165, 1.54) is 0 Å². The van der Waals surface area contributed by atoms with Crippen LogP contribution in [0, 0.1) is 5.92 Å². The van der Waals surface area contributed by atoms with Gasteiger partial charge in [0.2, 0.25) is 5.89 Å². The van der Waals surface area contributed by atoms with Crippen LogP contribution < -0.4 is 5.73 Å². The van der Waals surface area contributed by atoms with Crippen LogP contribution in [0.15, 0.2) is 4.52 Å². The van der Waals surface area contributed by atoms with Crippen molar-refractivity contribution in [3.8, 4) is 0 Å². The number of rotatable bonds is 4. The molecule has 1 aliphatic rings. The minimum atomic E-state index is -3.11. The lowest BCUT2D eigenvalue weighted by atomic mass is 9.82. The van der Waals surface area contributed by atoms with Gasteiger partial charge in [-0.3, -0.25) is 0 Å². The molecule has 0 aromatic carbocycles. The molecule has 0 aliphatic heterocycles. The van der Waals surface area contributed by atoms with E-state index in [2.05, 4.69) is 10.1 Å². The lowest BCUT2D eigenvalue weighted by molar-refractivity contribution is 0.274. The Balaban J connectivity index is 1.98. The fourth-order valence-electron chi connectivity index (χ4n) is 2.37. The highest BCUT2D eigenvalue weighted by atomic mass is 32.2. The molecule has 1 heterocycles. The van der Waals surface area contributed by atoms with E-state index in [1.54, 1.807) is 0 Å². The van der Waals surface area contributed by atoms with Crippen molar-refractivity contribution in [3.05, 3.63) is 11.7 Å². The van der Waals surface area contributed by atoms with Gasteiger partial charge in [-0.1, -0.05) is 5.16 Å². The van der Waals surface area contributed by atoms with Gasteiger partial charge in [0.1, 0.15) is 5.75 Å². The fraction of sp³-hybridized carbons (Fsp3) is 0.818. The molecule has 1 fully saturated rings. The zero-order valence-corrected chi connectivity index (χ0v) is 11.3. The van der Waals surface area contributed by atoms with Crippen molar-refractivity contribution in [2.24, 2.45) is 11.7 Å². The molecular weight excluding hydrogens is 254 g/mol. The zero-order chi connectivity index (χ0) is 13.2. The highest BCUT2D eigenvalue weighted by Crippen LogP contribution is 2.34. The minimum Gasteiger partial charge on any atom is -0.339 e. The average molecular weight is 273 g/mol. The van der Waals surface area contributed by atoms with Gasteiger partial charge >= 0.3 is 0 Å². The Labute approximate surface area is 107 Å². The predicted molar refractivity (Wildman–Crippen MR) is 66.6 cm³/mol. The molecule has 2 N–H and O–H groups in total. The molecule has 0 bridgehead atoms. The van der Waals surface area contributed by atoms with Crippen molar-refractivity contribution in [1.82, 2.24) is 10.1 Å². The van der Waals surface area contributed by atoms with Crippen LogP contribution in [0.4, 0.5) is 0 Å². The molecule has 0 amide bonds. The first-order valence-electron chi connectivity index (χ1n) is 6.18. The quantitative estimate of drug-likeness (QED) is 0.873. The monoisotopic (exact) mass is 273 g/mol. The van der Waals surface area contributed by atoms with E-state index in [9.17, 15) is 8.42 Å². The molecule has 18 heavy (non-hydrogen) atoms. The average Bonchev–Trinajstić information content (AvgIpc) is 2.75. The first kappa shape index (κ1) is 13.5. The molecule has 0 saturated heterocycles. The summed E-state index contributed by atoms with van der Waals surface area (Å²) in [5, 5.41) is 3.73. The molecule has 2 rings (SSSR count). The molecule has 0 radical (unpaired) electrons. The van der Waals surface area contributed by atoms with Crippen LogP contribution in [0.5, 0.6) is 0 Å². The van der Waals surface area contributed by atoms with E-state index < -0.39 is 9.84 Å². The Hall–Kier alpha value is -0.950. The fourth-order valence-corrected chi connectivity index (χ4v) is 2.96. The molecule has 0 spiro atoms. The first-order chi connectivity index (χ1) is 8.48. The molecule has 6 nitrogen and oxygen atoms in total. The zero-order valence-electron chi connectivity index (χ0n) is 10.5. The SMILES string of the molecule is CS(=O)(=O)Cc1noc(C2CCC(CN)CC2)n1. The second kappa shape index (κ2) is 5.36. The van der Waals surface area contributed by atoms with E-state index >= 15 is 0 Å². The molecule has 1 aromatic rings. The Morgan fingerprint density at radius 3 is 2.56 bits per heavy atom. The van der Waals surface area contributed by atoms with Gasteiger partial charge in [0.15, 0.2) is 15.7 Å². The second-order valence-corrected chi connectivity index (χ2v) is 7.21. The van der Waals surface area contributed by atoms with E-state index in [1.807, 2.05) is 0 Å². The van der Waals surface area contributed by atoms with Gasteiger partial charge in [-0.25, -0.2) is 8.42 Å². The van der Waals surface area contributed by atoms with Gasteiger partial charge in [0.05, 0.1) is 0 Å². The predicted octanol–water partition coefficient (Wildman–Crippen LogP) is 0.847. The van der Waals surface area contributed by atoms with Crippen molar-refractivity contribution in [1.29, 1.82) is 0 Å². The van der Waals surface area contributed by atoms with Crippen molar-refractivity contribution in [2.75, 3.05) is 12.8 Å². The van der Waals surface area contributed by atoms with Crippen LogP contribution in [0.25, 0.3) is 0 Å². The lowest BCUT2D eigenvalue weighted by Gasteiger charge is -2.24. The number of hydrogen-bond donors (Lipinski definition) is 1. The topological polar surface area (TPSA) is 99.1 Å². The van der Waals surface area contributed by atoms with Crippen LogP contribution in [-0.4, -0.2) is 31.4 Å². The summed E-state index contributed by atoms with van der Waals surface area (Å²) in [6, 6.07) is 0. The summed E-state index contributed by atoms with van der Waals surface area (Å²) in [5.74, 6) is 1.53. The van der Waals surface area contributed by atoms with Crippen molar-refractivity contribution in [3.63, 3.8) is 0 Å². The summed E-state index contributed by atoms with van der Waals surface area (Å²) in [6.45, 7) is 0.732. The Kier molecular flexibility index (Phi) is 4.01. The number of aromatic nitrogens is 2. The van der Waals surface area contributed by atoms with Crippen LogP contribution in [0.1, 0.15) is 43.3 Å². The smallest absolute Gasteiger partial charge is 0.229 e. The van der Waals surface area contributed by atoms with Crippen molar-refractivity contribution in [2.45, 2.75) is 37.4 Å². The number of sulfone groups is 1. The largest absolute Gasteiger partial charge is 0.339 e. The molecule has 1 aliphatic carbocycles. The molecule has 1 saturated carbocycles. The van der Waals surface area contributed by atoms with E-state index in [-0.39, 0.29) is 17.5 Å². The third-order valence-electron chi connectivity index (χ3n) is 3.40. The minimum absolute atomic E-state index is 0.158. The summed E-state index contributed by atoms with van der Waals surface area (Å²) in [6.07, 6.45) is 5.29. The second-order valence-electron chi connectivity index (χ2n) is 5.07. The summed E-state index contributed by atoms with van der Waals surface area (Å²) in [7, 11) is -3.11. The first-order valence-corrected chi connectivity index (χ1v) is 8.24. The van der Waals surface area contributed by atoms with Gasteiger partial charge in [-0.15, -0.1) is 0 Å². The number of nitrogens with zero attached hydrogens (tertiary/aromatic N) is 2. The van der Waals surface area contributed by atoms with Gasteiger partial charge in [-0.05, 0) is 38.1 Å². The van der Waals surface area contributed by atoms with Crippen LogP contribution in [0.2, 0.25) is 0 Å². The third-order valence-corrected chi connectivity index (χ3v) is 4.19. The number of hydrogen-bond acceptors (Lipinski definition) is 6. The summed E-state index contributed by atoms with van der Waals surface area (Å²) < 4.78 is 27.4. The van der Waals surface area contributed by atoms with Gasteiger partial charge in [0.25, 0.3) is 0 Å². The Morgan fingerprint density at radius 1 is 1.33 bits per heavy atom. The molecule has 7 heteroatoms. The van der Waals surface area contributed by atoms with Crippen LogP contribution in [-0.2, 0) is 15.6 Å². The molecule has 0 unspecified atom stereocenters. The molecule has 102 valence electrons. The maximum atomic E-state index is 11.1. The van der Waals surface area contributed by atoms with Gasteiger partial charge in [0, 0.05) is 12.2 Å². The summed E-state index contributed by atoms with van der Waals surface area (Å²) >= 11 is 0. The third kappa shape index (κ3) is 3.52. The maximum absolute atomic E-state index is 11.1. The van der Waals surface area contributed by atoms with Gasteiger partial charge in [-0.2, -0.15) is 4.98 Å². The van der Waals surface area contributed by atoms with E-state index in [0.29, 0.717) is 11.8 Å². The van der Waals surface area contributed by atoms with Crippen LogP contribution in [0.3, 0.4) is 0 Å². The Bertz CT molecular complexity index is 489. The standard InChI is InChI=1S/C11H19N3O3S/c1-18(15,16)7-10-13-11(17-14-10)9-4-2-8(6-12)3-5-9/h8-9H,2-7,12H2,1H3. The highest BCUT2D eigenvalue weighted by Gasteiger charge is 2.26. The maximum Gasteiger partial charge on any atom is 0.229 e. The normalized spacial score (nSPS) is 25.2. The molecular formula is C11H19N3O3S. The lowest BCUT2D eigenvalue weighted by Crippen LogP contribution is -2.20. The summed E-state index contributed by atoms with van der Waals surface area (Å²) in [4.78, 5) is 4.18. The van der Waals surface area contributed by atoms with Gasteiger partial charge < -0.3 is 10.3 Å². The van der Waals surface area contributed by atoms with E-state index in [0.717, 1.165) is 38.5 Å². The van der Waals surface area contributed by atoms with Crippen molar-refractivity contribution >= 4 is 9.84 Å². The summed E-state index contributed by atoms with van der Waals surface area (Å²) in [5.41, 5.74) is 5.64. The Morgan fingerprint density at radius 2 is 2.00 bits per heavy atom. The number of nitrogens with two attached hydrogens (primary N) is 1. The van der Waals surface area contributed by atoms with Crippen molar-refractivity contribution < 1.29 is 12.9 Å².